The van der Waals surface area contributed by atoms with Crippen molar-refractivity contribution in [3.63, 3.8) is 0 Å². The molecular weight excluding hydrogens is 615 g/mol. The molecule has 0 aliphatic rings. The van der Waals surface area contributed by atoms with Crippen LogP contribution < -0.4 is 4.90 Å². The van der Waals surface area contributed by atoms with Crippen LogP contribution in [-0.4, -0.2) is 0 Å². The van der Waals surface area contributed by atoms with Gasteiger partial charge in [0.25, 0.3) is 0 Å². The molecule has 0 fully saturated rings. The summed E-state index contributed by atoms with van der Waals surface area (Å²) in [5.74, 6) is 0. The maximum atomic E-state index is 6.46. The minimum Gasteiger partial charge on any atom is -0.456 e. The maximum absolute atomic E-state index is 6.46. The Morgan fingerprint density at radius 1 is 0.388 bits per heavy atom. The van der Waals surface area contributed by atoms with E-state index in [-0.39, 0.29) is 0 Å². The SMILES string of the molecule is c1ccc(N(c2ccc3c(c2)oc2ccccc23)c2ccccc2-c2cccc3ccccc23)c(-c2ccc3sc4ccccc4c3c2)c1. The highest BCUT2D eigenvalue weighted by Gasteiger charge is 2.22. The van der Waals surface area contributed by atoms with E-state index in [0.29, 0.717) is 0 Å². The van der Waals surface area contributed by atoms with Crippen LogP contribution in [0, 0.1) is 0 Å². The fraction of sp³-hybridized carbons (Fsp3) is 0. The molecule has 2 heterocycles. The van der Waals surface area contributed by atoms with Gasteiger partial charge in [-0.25, -0.2) is 0 Å². The van der Waals surface area contributed by atoms with E-state index in [4.69, 9.17) is 4.42 Å². The van der Waals surface area contributed by atoms with Crippen molar-refractivity contribution in [3.05, 3.63) is 176 Å². The van der Waals surface area contributed by atoms with Crippen molar-refractivity contribution in [2.45, 2.75) is 0 Å². The van der Waals surface area contributed by atoms with Crippen molar-refractivity contribution in [2.24, 2.45) is 0 Å². The third-order valence-electron chi connectivity index (χ3n) is 9.68. The Kier molecular flexibility index (Phi) is 6.39. The van der Waals surface area contributed by atoms with Gasteiger partial charge in [-0.3, -0.25) is 0 Å². The fourth-order valence-electron chi connectivity index (χ4n) is 7.42. The number of para-hydroxylation sites is 3. The molecule has 230 valence electrons. The minimum absolute atomic E-state index is 0.870. The van der Waals surface area contributed by atoms with E-state index in [1.807, 2.05) is 23.5 Å². The molecule has 0 aliphatic carbocycles. The number of hydrogen-bond donors (Lipinski definition) is 0. The number of nitrogens with zero attached hydrogens (tertiary/aromatic N) is 1. The summed E-state index contributed by atoms with van der Waals surface area (Å²) in [6.45, 7) is 0. The normalized spacial score (nSPS) is 11.7. The first kappa shape index (κ1) is 27.9. The smallest absolute Gasteiger partial charge is 0.137 e. The van der Waals surface area contributed by atoms with Crippen molar-refractivity contribution in [2.75, 3.05) is 4.90 Å². The number of anilines is 3. The largest absolute Gasteiger partial charge is 0.456 e. The van der Waals surface area contributed by atoms with Crippen molar-refractivity contribution < 1.29 is 4.42 Å². The highest BCUT2D eigenvalue weighted by Crippen LogP contribution is 2.47. The third-order valence-corrected chi connectivity index (χ3v) is 10.8. The van der Waals surface area contributed by atoms with E-state index in [2.05, 4.69) is 169 Å². The molecule has 10 rings (SSSR count). The van der Waals surface area contributed by atoms with E-state index in [0.717, 1.165) is 50.1 Å². The zero-order chi connectivity index (χ0) is 32.3. The highest BCUT2D eigenvalue weighted by molar-refractivity contribution is 7.25. The lowest BCUT2D eigenvalue weighted by atomic mass is 9.95. The van der Waals surface area contributed by atoms with Crippen LogP contribution in [0.2, 0.25) is 0 Å². The second kappa shape index (κ2) is 11.2. The Morgan fingerprint density at radius 3 is 1.92 bits per heavy atom. The van der Waals surface area contributed by atoms with Gasteiger partial charge in [-0.15, -0.1) is 11.3 Å². The van der Waals surface area contributed by atoms with Gasteiger partial charge >= 0.3 is 0 Å². The van der Waals surface area contributed by atoms with Crippen molar-refractivity contribution in [1.29, 1.82) is 0 Å². The first-order valence-corrected chi connectivity index (χ1v) is 17.4. The molecular formula is C46H29NOS. The maximum Gasteiger partial charge on any atom is 0.137 e. The number of furan rings is 1. The standard InChI is InChI=1S/C46H29NOS/c1-2-14-33-30(12-1)13-11-19-35(33)36-16-4-8-21-42(36)47(32-25-26-38-37-17-5-9-22-43(37)48-44(38)29-32)41-20-7-3-15-34(41)31-24-27-46-40(28-31)39-18-6-10-23-45(39)49-46/h1-29H. The molecule has 0 saturated heterocycles. The van der Waals surface area contributed by atoms with Crippen LogP contribution in [0.3, 0.4) is 0 Å². The summed E-state index contributed by atoms with van der Waals surface area (Å²) in [7, 11) is 0. The summed E-state index contributed by atoms with van der Waals surface area (Å²) in [6, 6.07) is 63.3. The Bertz CT molecular complexity index is 2850. The topological polar surface area (TPSA) is 16.4 Å². The number of rotatable bonds is 5. The molecule has 3 heteroatoms. The summed E-state index contributed by atoms with van der Waals surface area (Å²) in [5.41, 5.74) is 9.72. The monoisotopic (exact) mass is 643 g/mol. The summed E-state index contributed by atoms with van der Waals surface area (Å²) in [5, 5.41) is 7.29. The molecule has 2 aromatic heterocycles. The van der Waals surface area contributed by atoms with Gasteiger partial charge in [0.2, 0.25) is 0 Å². The summed E-state index contributed by atoms with van der Waals surface area (Å²) >= 11 is 1.85. The molecule has 0 amide bonds. The number of thiophene rings is 1. The van der Waals surface area contributed by atoms with Gasteiger partial charge in [0.15, 0.2) is 0 Å². The van der Waals surface area contributed by atoms with Gasteiger partial charge in [-0.2, -0.15) is 0 Å². The van der Waals surface area contributed by atoms with Crippen LogP contribution in [-0.2, 0) is 0 Å². The van der Waals surface area contributed by atoms with Gasteiger partial charge in [0.1, 0.15) is 11.2 Å². The van der Waals surface area contributed by atoms with Crippen LogP contribution in [0.5, 0.6) is 0 Å². The molecule has 0 saturated carbocycles. The molecule has 2 nitrogen and oxygen atoms in total. The average molecular weight is 644 g/mol. The number of benzene rings is 8. The molecule has 8 aromatic carbocycles. The van der Waals surface area contributed by atoms with Gasteiger partial charge < -0.3 is 9.32 Å². The molecule has 49 heavy (non-hydrogen) atoms. The van der Waals surface area contributed by atoms with Gasteiger partial charge in [-0.05, 0) is 70.4 Å². The van der Waals surface area contributed by atoms with Crippen LogP contribution in [0.15, 0.2) is 180 Å². The fourth-order valence-corrected chi connectivity index (χ4v) is 8.51. The molecule has 0 radical (unpaired) electrons. The Labute approximate surface area is 287 Å². The molecule has 0 bridgehead atoms. The third kappa shape index (κ3) is 4.55. The Hall–Kier alpha value is -6.16. The lowest BCUT2D eigenvalue weighted by molar-refractivity contribution is 0.669. The Balaban J connectivity index is 1.24. The second-order valence-electron chi connectivity index (χ2n) is 12.5. The lowest BCUT2D eigenvalue weighted by Crippen LogP contribution is -2.12. The first-order valence-electron chi connectivity index (χ1n) is 16.6. The van der Waals surface area contributed by atoms with Crippen LogP contribution in [0.1, 0.15) is 0 Å². The number of fused-ring (bicyclic) bond motifs is 7. The van der Waals surface area contributed by atoms with E-state index >= 15 is 0 Å². The van der Waals surface area contributed by atoms with Crippen molar-refractivity contribution >= 4 is 81.3 Å². The molecule has 0 N–H and O–H groups in total. The van der Waals surface area contributed by atoms with Crippen molar-refractivity contribution in [1.82, 2.24) is 0 Å². The van der Waals surface area contributed by atoms with Crippen molar-refractivity contribution in [3.8, 4) is 22.3 Å². The molecule has 0 aliphatic heterocycles. The predicted octanol–water partition coefficient (Wildman–Crippen LogP) is 13.9. The average Bonchev–Trinajstić information content (AvgIpc) is 3.73. The second-order valence-corrected chi connectivity index (χ2v) is 13.6. The van der Waals surface area contributed by atoms with Gasteiger partial charge in [-0.1, -0.05) is 121 Å². The summed E-state index contributed by atoms with van der Waals surface area (Å²) < 4.78 is 9.07. The lowest BCUT2D eigenvalue weighted by Gasteiger charge is -2.30. The van der Waals surface area contributed by atoms with E-state index in [1.165, 1.54) is 42.1 Å². The van der Waals surface area contributed by atoms with E-state index < -0.39 is 0 Å². The predicted molar refractivity (Wildman–Crippen MR) is 210 cm³/mol. The first-order chi connectivity index (χ1) is 24.3. The highest BCUT2D eigenvalue weighted by atomic mass is 32.1. The molecule has 0 atom stereocenters. The Morgan fingerprint density at radius 2 is 1.02 bits per heavy atom. The molecule has 0 spiro atoms. The zero-order valence-electron chi connectivity index (χ0n) is 26.5. The van der Waals surface area contributed by atoms with Crippen LogP contribution in [0.4, 0.5) is 17.1 Å². The minimum atomic E-state index is 0.870. The summed E-state index contributed by atoms with van der Waals surface area (Å²) in [6.07, 6.45) is 0. The van der Waals surface area contributed by atoms with E-state index in [1.54, 1.807) is 0 Å². The number of hydrogen-bond acceptors (Lipinski definition) is 3. The van der Waals surface area contributed by atoms with Gasteiger partial charge in [0.05, 0.1) is 11.4 Å². The van der Waals surface area contributed by atoms with Gasteiger partial charge in [0, 0.05) is 53.8 Å². The zero-order valence-corrected chi connectivity index (χ0v) is 27.3. The van der Waals surface area contributed by atoms with Crippen LogP contribution in [0.25, 0.3) is 75.1 Å². The summed E-state index contributed by atoms with van der Waals surface area (Å²) in [4.78, 5) is 2.41. The quantitative estimate of drug-likeness (QED) is 0.186. The molecule has 10 aromatic rings. The van der Waals surface area contributed by atoms with E-state index in [9.17, 15) is 0 Å². The molecule has 0 unspecified atom stereocenters. The van der Waals surface area contributed by atoms with Crippen LogP contribution >= 0.6 is 11.3 Å².